The van der Waals surface area contributed by atoms with Crippen LogP contribution in [0.5, 0.6) is 5.75 Å². The van der Waals surface area contributed by atoms with Crippen molar-refractivity contribution < 1.29 is 9.47 Å². The first-order chi connectivity index (χ1) is 11.3. The summed E-state index contributed by atoms with van der Waals surface area (Å²) >= 11 is 0. The van der Waals surface area contributed by atoms with Crippen LogP contribution in [0, 0.1) is 0 Å². The molecule has 1 aliphatic rings. The second kappa shape index (κ2) is 5.89. The fourth-order valence-corrected chi connectivity index (χ4v) is 2.81. The maximum atomic E-state index is 5.41. The van der Waals surface area contributed by atoms with Crippen molar-refractivity contribution in [3.8, 4) is 17.0 Å². The Morgan fingerprint density at radius 3 is 2.61 bits per heavy atom. The maximum Gasteiger partial charge on any atom is 0.235 e. The highest BCUT2D eigenvalue weighted by Gasteiger charge is 2.16. The van der Waals surface area contributed by atoms with Gasteiger partial charge in [0.1, 0.15) is 11.6 Å². The Morgan fingerprint density at radius 2 is 1.87 bits per heavy atom. The minimum atomic E-state index is 0.708. The number of rotatable bonds is 3. The fraction of sp³-hybridized carbons (Fsp3) is 0.294. The monoisotopic (exact) mass is 310 g/mol. The number of nitrogens with zero attached hydrogens (tertiary/aromatic N) is 4. The number of anilines is 1. The number of hydrogen-bond acceptors (Lipinski definition) is 5. The average molecular weight is 310 g/mol. The van der Waals surface area contributed by atoms with Crippen molar-refractivity contribution >= 4 is 11.6 Å². The number of fused-ring (bicyclic) bond motifs is 1. The van der Waals surface area contributed by atoms with E-state index in [0.29, 0.717) is 5.78 Å². The lowest BCUT2D eigenvalue weighted by Crippen LogP contribution is -2.36. The van der Waals surface area contributed by atoms with Gasteiger partial charge in [-0.3, -0.25) is 4.40 Å². The zero-order chi connectivity index (χ0) is 15.6. The Morgan fingerprint density at radius 1 is 1.09 bits per heavy atom. The number of hydrogen-bond donors (Lipinski definition) is 0. The predicted octanol–water partition coefficient (Wildman–Crippen LogP) is 2.24. The average Bonchev–Trinajstić information content (AvgIpc) is 3.06. The molecule has 3 aromatic rings. The second-order valence-electron chi connectivity index (χ2n) is 5.43. The molecule has 6 nitrogen and oxygen atoms in total. The third kappa shape index (κ3) is 2.61. The van der Waals surface area contributed by atoms with Crippen LogP contribution in [0.3, 0.4) is 0 Å². The van der Waals surface area contributed by atoms with E-state index in [-0.39, 0.29) is 0 Å². The van der Waals surface area contributed by atoms with E-state index in [0.717, 1.165) is 49.1 Å². The van der Waals surface area contributed by atoms with E-state index >= 15 is 0 Å². The minimum absolute atomic E-state index is 0.708. The van der Waals surface area contributed by atoms with Crippen LogP contribution in [-0.2, 0) is 4.74 Å². The number of ether oxygens (including phenoxy) is 2. The topological polar surface area (TPSA) is 51.9 Å². The van der Waals surface area contributed by atoms with Gasteiger partial charge < -0.3 is 14.4 Å². The summed E-state index contributed by atoms with van der Waals surface area (Å²) in [5.41, 5.74) is 1.95. The van der Waals surface area contributed by atoms with Crippen molar-refractivity contribution in [2.75, 3.05) is 38.3 Å². The largest absolute Gasteiger partial charge is 0.497 e. The second-order valence-corrected chi connectivity index (χ2v) is 5.43. The highest BCUT2D eigenvalue weighted by atomic mass is 16.5. The maximum absolute atomic E-state index is 5.41. The molecule has 1 fully saturated rings. The number of aromatic nitrogens is 3. The molecule has 0 saturated carbocycles. The van der Waals surface area contributed by atoms with E-state index in [2.05, 4.69) is 14.9 Å². The van der Waals surface area contributed by atoms with Gasteiger partial charge in [0, 0.05) is 24.8 Å². The third-order valence-electron chi connectivity index (χ3n) is 4.08. The van der Waals surface area contributed by atoms with Crippen LogP contribution in [0.1, 0.15) is 0 Å². The summed E-state index contributed by atoms with van der Waals surface area (Å²) in [5, 5.41) is 0. The van der Waals surface area contributed by atoms with Crippen LogP contribution >= 0.6 is 0 Å². The number of morpholine rings is 1. The Hall–Kier alpha value is -2.60. The first-order valence-corrected chi connectivity index (χ1v) is 7.66. The highest BCUT2D eigenvalue weighted by molar-refractivity contribution is 5.62. The standard InChI is InChI=1S/C17H18N4O2/c1-22-14-4-2-13(3-5-14)15-6-7-21-16(12-18-17(21)19-15)20-8-10-23-11-9-20/h2-7,12H,8-11H2,1H3. The van der Waals surface area contributed by atoms with Crippen LogP contribution in [-0.4, -0.2) is 47.8 Å². The van der Waals surface area contributed by atoms with E-state index in [1.807, 2.05) is 47.1 Å². The van der Waals surface area contributed by atoms with Crippen LogP contribution in [0.25, 0.3) is 17.0 Å². The molecule has 0 spiro atoms. The van der Waals surface area contributed by atoms with E-state index in [1.165, 1.54) is 0 Å². The van der Waals surface area contributed by atoms with Gasteiger partial charge in [0.25, 0.3) is 0 Å². The molecule has 0 amide bonds. The SMILES string of the molecule is COc1ccc(-c2ccn3c(N4CCOCC4)cnc3n2)cc1. The molecule has 0 radical (unpaired) electrons. The number of imidazole rings is 1. The smallest absolute Gasteiger partial charge is 0.235 e. The van der Waals surface area contributed by atoms with Crippen LogP contribution in [0.15, 0.2) is 42.7 Å². The quantitative estimate of drug-likeness (QED) is 0.742. The molecule has 0 aliphatic carbocycles. The first kappa shape index (κ1) is 14.0. The molecular weight excluding hydrogens is 292 g/mol. The predicted molar refractivity (Wildman–Crippen MR) is 88.0 cm³/mol. The molecule has 0 atom stereocenters. The summed E-state index contributed by atoms with van der Waals surface area (Å²) in [6.45, 7) is 3.28. The lowest BCUT2D eigenvalue weighted by atomic mass is 10.1. The van der Waals surface area contributed by atoms with Gasteiger partial charge in [-0.15, -0.1) is 0 Å². The van der Waals surface area contributed by atoms with E-state index in [4.69, 9.17) is 9.47 Å². The van der Waals surface area contributed by atoms with Gasteiger partial charge in [-0.2, -0.15) is 0 Å². The van der Waals surface area contributed by atoms with Crippen molar-refractivity contribution in [2.45, 2.75) is 0 Å². The Labute approximate surface area is 134 Å². The molecular formula is C17H18N4O2. The van der Waals surface area contributed by atoms with Crippen molar-refractivity contribution in [1.29, 1.82) is 0 Å². The molecule has 2 aromatic heterocycles. The fourth-order valence-electron chi connectivity index (χ4n) is 2.81. The normalized spacial score (nSPS) is 15.1. The molecule has 0 N–H and O–H groups in total. The number of methoxy groups -OCH3 is 1. The lowest BCUT2D eigenvalue weighted by molar-refractivity contribution is 0.122. The summed E-state index contributed by atoms with van der Waals surface area (Å²) in [6.07, 6.45) is 3.91. The zero-order valence-electron chi connectivity index (χ0n) is 13.0. The molecule has 1 aliphatic heterocycles. The summed E-state index contributed by atoms with van der Waals surface area (Å²) in [4.78, 5) is 11.4. The van der Waals surface area contributed by atoms with Crippen LogP contribution < -0.4 is 9.64 Å². The Balaban J connectivity index is 1.68. The van der Waals surface area contributed by atoms with Crippen molar-refractivity contribution in [3.63, 3.8) is 0 Å². The van der Waals surface area contributed by atoms with Gasteiger partial charge in [0.05, 0.1) is 32.2 Å². The molecule has 3 heterocycles. The highest BCUT2D eigenvalue weighted by Crippen LogP contribution is 2.23. The van der Waals surface area contributed by atoms with Crippen molar-refractivity contribution in [2.24, 2.45) is 0 Å². The zero-order valence-corrected chi connectivity index (χ0v) is 13.0. The van der Waals surface area contributed by atoms with E-state index in [9.17, 15) is 0 Å². The van der Waals surface area contributed by atoms with Crippen molar-refractivity contribution in [1.82, 2.24) is 14.4 Å². The molecule has 0 bridgehead atoms. The molecule has 1 saturated heterocycles. The molecule has 23 heavy (non-hydrogen) atoms. The summed E-state index contributed by atoms with van der Waals surface area (Å²) in [7, 11) is 1.66. The summed E-state index contributed by atoms with van der Waals surface area (Å²) in [6, 6.07) is 9.89. The van der Waals surface area contributed by atoms with Crippen LogP contribution in [0.2, 0.25) is 0 Å². The summed E-state index contributed by atoms with van der Waals surface area (Å²) in [5.74, 6) is 2.61. The molecule has 4 rings (SSSR count). The molecule has 1 aromatic carbocycles. The minimum Gasteiger partial charge on any atom is -0.497 e. The van der Waals surface area contributed by atoms with E-state index in [1.54, 1.807) is 7.11 Å². The number of benzene rings is 1. The van der Waals surface area contributed by atoms with Gasteiger partial charge in [0.2, 0.25) is 5.78 Å². The van der Waals surface area contributed by atoms with Crippen LogP contribution in [0.4, 0.5) is 5.82 Å². The molecule has 0 unspecified atom stereocenters. The van der Waals surface area contributed by atoms with Gasteiger partial charge in [-0.05, 0) is 30.3 Å². The van der Waals surface area contributed by atoms with Gasteiger partial charge in [-0.1, -0.05) is 0 Å². The lowest BCUT2D eigenvalue weighted by Gasteiger charge is -2.27. The summed E-state index contributed by atoms with van der Waals surface area (Å²) < 4.78 is 12.6. The third-order valence-corrected chi connectivity index (χ3v) is 4.08. The van der Waals surface area contributed by atoms with Gasteiger partial charge in [-0.25, -0.2) is 9.97 Å². The Bertz CT molecular complexity index is 807. The van der Waals surface area contributed by atoms with Gasteiger partial charge >= 0.3 is 0 Å². The van der Waals surface area contributed by atoms with Gasteiger partial charge in [0.15, 0.2) is 0 Å². The first-order valence-electron chi connectivity index (χ1n) is 7.66. The van der Waals surface area contributed by atoms with Crippen molar-refractivity contribution in [3.05, 3.63) is 42.7 Å². The van der Waals surface area contributed by atoms with E-state index < -0.39 is 0 Å². The Kier molecular flexibility index (Phi) is 3.59. The molecule has 118 valence electrons. The molecule has 6 heteroatoms.